The topological polar surface area (TPSA) is 117 Å². The molecule has 1 N–H and O–H groups in total. The average Bonchev–Trinajstić information content (AvgIpc) is 3.19. The van der Waals surface area contributed by atoms with Crippen LogP contribution in [0.3, 0.4) is 0 Å². The molecule has 5 rings (SSSR count). The first-order valence-corrected chi connectivity index (χ1v) is 11.8. The average molecular weight is 485 g/mol. The molecule has 9 nitrogen and oxygen atoms in total. The second-order valence-electron chi connectivity index (χ2n) is 8.82. The number of aromatic nitrogens is 1. The molecule has 0 spiro atoms. The van der Waals surface area contributed by atoms with E-state index in [0.29, 0.717) is 11.3 Å². The lowest BCUT2D eigenvalue weighted by Gasteiger charge is -2.30. The number of amides is 1. The number of rotatable bonds is 5. The van der Waals surface area contributed by atoms with E-state index in [-0.39, 0.29) is 16.8 Å². The van der Waals surface area contributed by atoms with Crippen LogP contribution in [0.1, 0.15) is 36.4 Å². The standard InChI is InChI=1S/C27H24N4O5/c32-25(18-6-8-22(9-7-18)31(35)36)23-24(19-5-4-14-28-17-19)30(27(34)26(23)33)21-12-10-20(11-13-21)29-15-2-1-3-16-29/h4-14,17,24,32H,1-3,15-16H2/b25-23-. The maximum Gasteiger partial charge on any atom is 0.300 e. The van der Waals surface area contributed by atoms with E-state index in [1.807, 2.05) is 24.3 Å². The highest BCUT2D eigenvalue weighted by molar-refractivity contribution is 6.51. The van der Waals surface area contributed by atoms with Crippen molar-refractivity contribution in [1.29, 1.82) is 0 Å². The zero-order valence-corrected chi connectivity index (χ0v) is 19.4. The number of anilines is 2. The van der Waals surface area contributed by atoms with Crippen LogP contribution < -0.4 is 9.80 Å². The number of hydrogen-bond acceptors (Lipinski definition) is 7. The highest BCUT2D eigenvalue weighted by atomic mass is 16.6. The van der Waals surface area contributed by atoms with Gasteiger partial charge in [0, 0.05) is 54.6 Å². The number of aliphatic hydroxyl groups is 1. The van der Waals surface area contributed by atoms with E-state index in [4.69, 9.17) is 0 Å². The molecule has 1 aromatic heterocycles. The number of non-ortho nitro benzene ring substituents is 1. The molecule has 9 heteroatoms. The number of Topliss-reactive ketones (excluding diaryl/α,β-unsaturated/α-hetero) is 1. The van der Waals surface area contributed by atoms with E-state index in [1.165, 1.54) is 35.6 Å². The second kappa shape index (κ2) is 9.61. The third kappa shape index (κ3) is 4.19. The summed E-state index contributed by atoms with van der Waals surface area (Å²) in [5.41, 5.74) is 2.09. The van der Waals surface area contributed by atoms with Gasteiger partial charge in [0.25, 0.3) is 17.4 Å². The Balaban J connectivity index is 1.58. The van der Waals surface area contributed by atoms with Crippen molar-refractivity contribution in [2.45, 2.75) is 25.3 Å². The fourth-order valence-corrected chi connectivity index (χ4v) is 4.82. The normalized spacial score (nSPS) is 19.5. The number of nitro benzene ring substituents is 1. The summed E-state index contributed by atoms with van der Waals surface area (Å²) in [6.45, 7) is 1.96. The Hall–Kier alpha value is -4.53. The first-order chi connectivity index (χ1) is 17.5. The minimum atomic E-state index is -0.908. The summed E-state index contributed by atoms with van der Waals surface area (Å²) in [5.74, 6) is -2.00. The SMILES string of the molecule is O=C1C(=O)N(c2ccc(N3CCCCC3)cc2)C(c2cccnc2)/C1=C(/O)c1ccc([N+](=O)[O-])cc1. The van der Waals surface area contributed by atoms with Crippen molar-refractivity contribution in [2.75, 3.05) is 22.9 Å². The van der Waals surface area contributed by atoms with E-state index < -0.39 is 28.4 Å². The Kier molecular flexibility index (Phi) is 6.20. The van der Waals surface area contributed by atoms with E-state index in [0.717, 1.165) is 31.6 Å². The minimum absolute atomic E-state index is 0.0954. The lowest BCUT2D eigenvalue weighted by molar-refractivity contribution is -0.384. The molecule has 1 atom stereocenters. The molecule has 36 heavy (non-hydrogen) atoms. The molecule has 3 heterocycles. The monoisotopic (exact) mass is 484 g/mol. The summed E-state index contributed by atoms with van der Waals surface area (Å²) in [6.07, 6.45) is 6.63. The molecule has 1 unspecified atom stereocenters. The Morgan fingerprint density at radius 3 is 2.22 bits per heavy atom. The molecule has 2 saturated heterocycles. The largest absolute Gasteiger partial charge is 0.507 e. The molecule has 182 valence electrons. The maximum atomic E-state index is 13.3. The van der Waals surface area contributed by atoms with Gasteiger partial charge in [-0.25, -0.2) is 0 Å². The summed E-state index contributed by atoms with van der Waals surface area (Å²) in [7, 11) is 0. The summed E-state index contributed by atoms with van der Waals surface area (Å²) < 4.78 is 0. The number of aliphatic hydroxyl groups excluding tert-OH is 1. The molecule has 2 aromatic carbocycles. The van der Waals surface area contributed by atoms with Crippen LogP contribution in [0.2, 0.25) is 0 Å². The number of carbonyl (C=O) groups is 2. The summed E-state index contributed by atoms with van der Waals surface area (Å²) in [6, 6.07) is 15.2. The van der Waals surface area contributed by atoms with Crippen LogP contribution in [0, 0.1) is 10.1 Å². The molecule has 2 aliphatic rings. The van der Waals surface area contributed by atoms with Crippen molar-refractivity contribution in [2.24, 2.45) is 0 Å². The number of piperidine rings is 1. The van der Waals surface area contributed by atoms with E-state index in [2.05, 4.69) is 9.88 Å². The Bertz CT molecular complexity index is 1330. The van der Waals surface area contributed by atoms with Crippen LogP contribution in [0.15, 0.2) is 78.6 Å². The fourth-order valence-electron chi connectivity index (χ4n) is 4.82. The second-order valence-corrected chi connectivity index (χ2v) is 8.82. The maximum absolute atomic E-state index is 13.3. The van der Waals surface area contributed by atoms with Gasteiger partial charge in [0.2, 0.25) is 0 Å². The molecule has 2 fully saturated rings. The van der Waals surface area contributed by atoms with Crippen LogP contribution in [-0.4, -0.2) is 39.8 Å². The lowest BCUT2D eigenvalue weighted by atomic mass is 9.96. The number of benzene rings is 2. The summed E-state index contributed by atoms with van der Waals surface area (Å²) >= 11 is 0. The zero-order valence-electron chi connectivity index (χ0n) is 19.4. The van der Waals surface area contributed by atoms with Crippen LogP contribution >= 0.6 is 0 Å². The van der Waals surface area contributed by atoms with Gasteiger partial charge < -0.3 is 10.0 Å². The predicted octanol–water partition coefficient (Wildman–Crippen LogP) is 4.61. The van der Waals surface area contributed by atoms with Crippen molar-refractivity contribution in [1.82, 2.24) is 4.98 Å². The molecule has 1 amide bonds. The van der Waals surface area contributed by atoms with E-state index >= 15 is 0 Å². The number of hydrogen-bond donors (Lipinski definition) is 1. The molecule has 0 aliphatic carbocycles. The van der Waals surface area contributed by atoms with Crippen LogP contribution in [0.25, 0.3) is 5.76 Å². The molecule has 2 aliphatic heterocycles. The summed E-state index contributed by atoms with van der Waals surface area (Å²) in [5, 5.41) is 22.1. The van der Waals surface area contributed by atoms with E-state index in [1.54, 1.807) is 24.5 Å². The third-order valence-corrected chi connectivity index (χ3v) is 6.65. The zero-order chi connectivity index (χ0) is 25.2. The number of carbonyl (C=O) groups excluding carboxylic acids is 2. The van der Waals surface area contributed by atoms with Crippen LogP contribution in [-0.2, 0) is 9.59 Å². The Morgan fingerprint density at radius 1 is 0.944 bits per heavy atom. The van der Waals surface area contributed by atoms with Crippen molar-refractivity contribution in [3.8, 4) is 0 Å². The van der Waals surface area contributed by atoms with Crippen molar-refractivity contribution >= 4 is 34.5 Å². The van der Waals surface area contributed by atoms with Gasteiger partial charge in [-0.2, -0.15) is 0 Å². The Labute approximate surface area is 207 Å². The summed E-state index contributed by atoms with van der Waals surface area (Å²) in [4.78, 5) is 44.8. The smallest absolute Gasteiger partial charge is 0.300 e. The van der Waals surface area contributed by atoms with Gasteiger partial charge >= 0.3 is 0 Å². The van der Waals surface area contributed by atoms with Gasteiger partial charge in [-0.1, -0.05) is 6.07 Å². The first-order valence-electron chi connectivity index (χ1n) is 11.8. The van der Waals surface area contributed by atoms with Gasteiger partial charge in [0.05, 0.1) is 16.5 Å². The molecule has 0 radical (unpaired) electrons. The molecular weight excluding hydrogens is 460 g/mol. The molecule has 0 bridgehead atoms. The minimum Gasteiger partial charge on any atom is -0.507 e. The molecule has 3 aromatic rings. The molecular formula is C27H24N4O5. The van der Waals surface area contributed by atoms with E-state index in [9.17, 15) is 24.8 Å². The van der Waals surface area contributed by atoms with Crippen molar-refractivity contribution < 1.29 is 19.6 Å². The quantitative estimate of drug-likeness (QED) is 0.185. The van der Waals surface area contributed by atoms with Gasteiger partial charge in [-0.3, -0.25) is 29.6 Å². The van der Waals surface area contributed by atoms with Crippen molar-refractivity contribution in [3.63, 3.8) is 0 Å². The number of pyridine rings is 1. The van der Waals surface area contributed by atoms with Crippen LogP contribution in [0.5, 0.6) is 0 Å². The van der Waals surface area contributed by atoms with Gasteiger partial charge in [0.1, 0.15) is 5.76 Å². The highest BCUT2D eigenvalue weighted by Gasteiger charge is 2.47. The predicted molar refractivity (Wildman–Crippen MR) is 135 cm³/mol. The Morgan fingerprint density at radius 2 is 1.61 bits per heavy atom. The van der Waals surface area contributed by atoms with Gasteiger partial charge in [0.15, 0.2) is 0 Å². The fraction of sp³-hybridized carbons (Fsp3) is 0.222. The number of ketones is 1. The highest BCUT2D eigenvalue weighted by Crippen LogP contribution is 2.42. The lowest BCUT2D eigenvalue weighted by Crippen LogP contribution is -2.30. The van der Waals surface area contributed by atoms with Gasteiger partial charge in [-0.05, 0) is 67.3 Å². The number of nitrogens with zero attached hydrogens (tertiary/aromatic N) is 4. The molecule has 0 saturated carbocycles. The third-order valence-electron chi connectivity index (χ3n) is 6.65. The number of nitro groups is 1. The van der Waals surface area contributed by atoms with Crippen molar-refractivity contribution in [3.05, 3.63) is 99.9 Å². The first kappa shape index (κ1) is 23.2. The van der Waals surface area contributed by atoms with Crippen LogP contribution in [0.4, 0.5) is 17.1 Å². The van der Waals surface area contributed by atoms with Gasteiger partial charge in [-0.15, -0.1) is 0 Å².